The Morgan fingerprint density at radius 1 is 1.14 bits per heavy atom. The summed E-state index contributed by atoms with van der Waals surface area (Å²) >= 11 is 1.17. The van der Waals surface area contributed by atoms with Gasteiger partial charge < -0.3 is 19.1 Å². The van der Waals surface area contributed by atoms with Crippen molar-refractivity contribution in [3.8, 4) is 0 Å². The highest BCUT2D eigenvalue weighted by Crippen LogP contribution is 2.27. The van der Waals surface area contributed by atoms with Gasteiger partial charge in [0.1, 0.15) is 4.88 Å². The minimum absolute atomic E-state index is 0.0600. The molecule has 0 fully saturated rings. The Bertz CT molecular complexity index is 481. The third-order valence-electron chi connectivity index (χ3n) is 2.72. The van der Waals surface area contributed by atoms with Crippen molar-refractivity contribution >= 4 is 28.2 Å². The van der Waals surface area contributed by atoms with Gasteiger partial charge in [-0.15, -0.1) is 0 Å². The van der Waals surface area contributed by atoms with E-state index in [0.29, 0.717) is 36.3 Å². The van der Waals surface area contributed by atoms with Gasteiger partial charge in [-0.05, 0) is 0 Å². The third kappa shape index (κ3) is 4.76. The molecule has 118 valence electrons. The van der Waals surface area contributed by atoms with Crippen LogP contribution in [0.15, 0.2) is 0 Å². The summed E-state index contributed by atoms with van der Waals surface area (Å²) in [7, 11) is 4.48. The van der Waals surface area contributed by atoms with Crippen molar-refractivity contribution in [2.75, 3.05) is 52.5 Å². The normalized spacial score (nSPS) is 10.5. The summed E-state index contributed by atoms with van der Waals surface area (Å²) in [6.45, 7) is 3.59. The number of hydrogen-bond donors (Lipinski definition) is 0. The Morgan fingerprint density at radius 2 is 1.71 bits per heavy atom. The zero-order valence-corrected chi connectivity index (χ0v) is 13.5. The van der Waals surface area contributed by atoms with Gasteiger partial charge in [0, 0.05) is 34.2 Å². The van der Waals surface area contributed by atoms with E-state index >= 15 is 0 Å². The van der Waals surface area contributed by atoms with E-state index < -0.39 is 5.97 Å². The van der Waals surface area contributed by atoms with Crippen molar-refractivity contribution in [1.82, 2.24) is 4.98 Å². The Hall–Kier alpha value is -1.51. The fourth-order valence-corrected chi connectivity index (χ4v) is 2.62. The molecule has 0 radical (unpaired) electrons. The highest BCUT2D eigenvalue weighted by molar-refractivity contribution is 7.17. The smallest absolute Gasteiger partial charge is 0.358 e. The first-order valence-corrected chi connectivity index (χ1v) is 7.19. The minimum atomic E-state index is -0.610. The number of methoxy groups -OCH3 is 3. The number of ether oxygens (including phenoxy) is 3. The van der Waals surface area contributed by atoms with Crippen LogP contribution in [0.5, 0.6) is 0 Å². The minimum Gasteiger partial charge on any atom is -0.464 e. The Labute approximate surface area is 127 Å². The second kappa shape index (κ2) is 8.71. The molecule has 0 atom stereocenters. The lowest BCUT2D eigenvalue weighted by molar-refractivity contribution is 0.0591. The van der Waals surface area contributed by atoms with Crippen LogP contribution >= 0.6 is 11.3 Å². The quantitative estimate of drug-likeness (QED) is 0.501. The van der Waals surface area contributed by atoms with Crippen LogP contribution < -0.4 is 4.90 Å². The highest BCUT2D eigenvalue weighted by Gasteiger charge is 2.24. The molecular formula is C13H20N2O5S. The fourth-order valence-electron chi connectivity index (χ4n) is 1.62. The van der Waals surface area contributed by atoms with Crippen molar-refractivity contribution in [1.29, 1.82) is 0 Å². The average molecular weight is 316 g/mol. The van der Waals surface area contributed by atoms with Gasteiger partial charge in [0.2, 0.25) is 0 Å². The molecular weight excluding hydrogens is 296 g/mol. The predicted molar refractivity (Wildman–Crippen MR) is 79.4 cm³/mol. The van der Waals surface area contributed by atoms with Crippen LogP contribution in [0.3, 0.4) is 0 Å². The van der Waals surface area contributed by atoms with E-state index in [0.717, 1.165) is 0 Å². The van der Waals surface area contributed by atoms with Gasteiger partial charge in [-0.3, -0.25) is 4.79 Å². The van der Waals surface area contributed by atoms with E-state index in [-0.39, 0.29) is 11.5 Å². The number of carbonyl (C=O) groups excluding carboxylic acids is 2. The second-order valence-corrected chi connectivity index (χ2v) is 5.17. The number of aromatic nitrogens is 1. The molecule has 0 aliphatic rings. The monoisotopic (exact) mass is 316 g/mol. The van der Waals surface area contributed by atoms with Crippen LogP contribution in [-0.4, -0.2) is 64.4 Å². The first-order chi connectivity index (χ1) is 10.0. The summed E-state index contributed by atoms with van der Waals surface area (Å²) in [5.74, 6) is -0.821. The predicted octanol–water partition coefficient (Wildman–Crippen LogP) is 1.23. The number of anilines is 1. The molecule has 8 heteroatoms. The summed E-state index contributed by atoms with van der Waals surface area (Å²) in [6.07, 6.45) is 0. The van der Waals surface area contributed by atoms with Gasteiger partial charge in [0.15, 0.2) is 16.6 Å². The standard InChI is InChI=1S/C13H20N2O5S/c1-9(16)11-10(12(17)20-4)14-13(21-11)15(5-7-18-2)6-8-19-3/h5-8H2,1-4H3. The molecule has 0 saturated carbocycles. The number of carbonyl (C=O) groups is 2. The summed E-state index contributed by atoms with van der Waals surface area (Å²) < 4.78 is 14.8. The molecule has 0 unspecified atom stereocenters. The first kappa shape index (κ1) is 17.5. The molecule has 0 saturated heterocycles. The van der Waals surface area contributed by atoms with E-state index in [1.165, 1.54) is 25.4 Å². The van der Waals surface area contributed by atoms with E-state index in [1.807, 2.05) is 4.90 Å². The molecule has 0 aliphatic heterocycles. The average Bonchev–Trinajstić information content (AvgIpc) is 2.92. The van der Waals surface area contributed by atoms with Gasteiger partial charge >= 0.3 is 5.97 Å². The van der Waals surface area contributed by atoms with Crippen molar-refractivity contribution in [3.05, 3.63) is 10.6 Å². The van der Waals surface area contributed by atoms with Gasteiger partial charge in [-0.25, -0.2) is 9.78 Å². The molecule has 1 rings (SSSR count). The second-order valence-electron chi connectivity index (χ2n) is 4.19. The molecule has 1 aromatic heterocycles. The van der Waals surface area contributed by atoms with Crippen molar-refractivity contribution in [2.45, 2.75) is 6.92 Å². The van der Waals surface area contributed by atoms with Gasteiger partial charge in [0.25, 0.3) is 0 Å². The lowest BCUT2D eigenvalue weighted by Gasteiger charge is -2.20. The lowest BCUT2D eigenvalue weighted by Crippen LogP contribution is -2.30. The molecule has 0 spiro atoms. The molecule has 21 heavy (non-hydrogen) atoms. The molecule has 0 N–H and O–H groups in total. The van der Waals surface area contributed by atoms with Gasteiger partial charge in [-0.1, -0.05) is 11.3 Å². The maximum absolute atomic E-state index is 11.7. The third-order valence-corrected chi connectivity index (χ3v) is 3.93. The summed E-state index contributed by atoms with van der Waals surface area (Å²) in [5.41, 5.74) is 0.0600. The van der Waals surface area contributed by atoms with Crippen LogP contribution in [0.25, 0.3) is 0 Å². The summed E-state index contributed by atoms with van der Waals surface area (Å²) in [6, 6.07) is 0. The fraction of sp³-hybridized carbons (Fsp3) is 0.615. The zero-order chi connectivity index (χ0) is 15.8. The number of ketones is 1. The largest absolute Gasteiger partial charge is 0.464 e. The number of esters is 1. The maximum atomic E-state index is 11.7. The summed E-state index contributed by atoms with van der Waals surface area (Å²) in [5, 5.41) is 0.578. The molecule has 7 nitrogen and oxygen atoms in total. The van der Waals surface area contributed by atoms with Crippen molar-refractivity contribution in [2.24, 2.45) is 0 Å². The first-order valence-electron chi connectivity index (χ1n) is 6.38. The topological polar surface area (TPSA) is 78.0 Å². The van der Waals surface area contributed by atoms with Crippen LogP contribution in [0.1, 0.15) is 27.1 Å². The zero-order valence-electron chi connectivity index (χ0n) is 12.7. The van der Waals surface area contributed by atoms with E-state index in [2.05, 4.69) is 9.72 Å². The van der Waals surface area contributed by atoms with Crippen LogP contribution in [0, 0.1) is 0 Å². The van der Waals surface area contributed by atoms with Gasteiger partial charge in [0.05, 0.1) is 20.3 Å². The van der Waals surface area contributed by atoms with Crippen LogP contribution in [-0.2, 0) is 14.2 Å². The van der Waals surface area contributed by atoms with Crippen LogP contribution in [0.4, 0.5) is 5.13 Å². The molecule has 1 aromatic rings. The van der Waals surface area contributed by atoms with Crippen LogP contribution in [0.2, 0.25) is 0 Å². The number of Topliss-reactive ketones (excluding diaryl/α,β-unsaturated/α-hetero) is 1. The number of rotatable bonds is 9. The summed E-state index contributed by atoms with van der Waals surface area (Å²) in [4.78, 5) is 29.8. The van der Waals surface area contributed by atoms with E-state index in [4.69, 9.17) is 9.47 Å². The number of hydrogen-bond acceptors (Lipinski definition) is 8. The SMILES string of the molecule is COCCN(CCOC)c1nc(C(=O)OC)c(C(C)=O)s1. The maximum Gasteiger partial charge on any atom is 0.358 e. The number of nitrogens with zero attached hydrogens (tertiary/aromatic N) is 2. The highest BCUT2D eigenvalue weighted by atomic mass is 32.1. The Morgan fingerprint density at radius 3 is 2.14 bits per heavy atom. The molecule has 1 heterocycles. The van der Waals surface area contributed by atoms with Gasteiger partial charge in [-0.2, -0.15) is 0 Å². The van der Waals surface area contributed by atoms with Crippen molar-refractivity contribution < 1.29 is 23.8 Å². The van der Waals surface area contributed by atoms with E-state index in [9.17, 15) is 9.59 Å². The molecule has 0 aromatic carbocycles. The van der Waals surface area contributed by atoms with Crippen molar-refractivity contribution in [3.63, 3.8) is 0 Å². The molecule has 0 bridgehead atoms. The van der Waals surface area contributed by atoms with E-state index in [1.54, 1.807) is 14.2 Å². The molecule has 0 aliphatic carbocycles. The molecule has 0 amide bonds. The Balaban J connectivity index is 3.06. The lowest BCUT2D eigenvalue weighted by atomic mass is 10.3. The number of thiazole rings is 1. The Kier molecular flexibility index (Phi) is 7.27.